The predicted octanol–water partition coefficient (Wildman–Crippen LogP) is 5.47. The molecule has 0 atom stereocenters. The Bertz CT molecular complexity index is 888. The van der Waals surface area contributed by atoms with Crippen LogP contribution < -0.4 is 5.32 Å². The summed E-state index contributed by atoms with van der Waals surface area (Å²) in [5, 5.41) is 4.48. The number of carbonyl (C=O) groups excluding carboxylic acids is 1. The minimum atomic E-state index is 0.107. The molecule has 0 saturated heterocycles. The predicted molar refractivity (Wildman–Crippen MR) is 106 cm³/mol. The molecule has 0 spiro atoms. The van der Waals surface area contributed by atoms with Gasteiger partial charge >= 0.3 is 0 Å². The molecule has 2 nitrogen and oxygen atoms in total. The first-order valence-electron chi connectivity index (χ1n) is 9.07. The van der Waals surface area contributed by atoms with E-state index in [4.69, 9.17) is 0 Å². The summed E-state index contributed by atoms with van der Waals surface area (Å²) in [5.74, 6) is 0.107. The maximum absolute atomic E-state index is 12.9. The Morgan fingerprint density at radius 1 is 1.08 bits per heavy atom. The quantitative estimate of drug-likeness (QED) is 0.664. The van der Waals surface area contributed by atoms with Gasteiger partial charge in [-0.3, -0.25) is 4.79 Å². The fourth-order valence-corrected chi connectivity index (χ4v) is 4.81. The van der Waals surface area contributed by atoms with Crippen LogP contribution in [0.2, 0.25) is 0 Å². The summed E-state index contributed by atoms with van der Waals surface area (Å²) < 4.78 is 1.20. The third-order valence-corrected chi connectivity index (χ3v) is 6.31. The molecule has 0 aliphatic heterocycles. The van der Waals surface area contributed by atoms with E-state index in [0.29, 0.717) is 6.04 Å². The van der Waals surface area contributed by atoms with Crippen molar-refractivity contribution < 1.29 is 4.79 Å². The van der Waals surface area contributed by atoms with Crippen LogP contribution in [0.3, 0.4) is 0 Å². The fourth-order valence-electron chi connectivity index (χ4n) is 3.69. The van der Waals surface area contributed by atoms with Crippen LogP contribution in [-0.2, 0) is 6.42 Å². The third-order valence-electron chi connectivity index (χ3n) is 5.10. The molecule has 1 aliphatic rings. The van der Waals surface area contributed by atoms with Crippen molar-refractivity contribution in [3.8, 4) is 0 Å². The zero-order valence-electron chi connectivity index (χ0n) is 14.5. The van der Waals surface area contributed by atoms with Crippen LogP contribution in [0, 0.1) is 6.92 Å². The third kappa shape index (κ3) is 3.47. The SMILES string of the molecule is Cc1ccc(Cc2c(C(=O)NC3CCCC3)sc3ccccc23)cc1. The first-order valence-corrected chi connectivity index (χ1v) is 9.89. The lowest BCUT2D eigenvalue weighted by atomic mass is 10.0. The van der Waals surface area contributed by atoms with E-state index in [-0.39, 0.29) is 5.91 Å². The summed E-state index contributed by atoms with van der Waals surface area (Å²) in [5.41, 5.74) is 3.68. The molecule has 3 heteroatoms. The lowest BCUT2D eigenvalue weighted by Gasteiger charge is -2.12. The highest BCUT2D eigenvalue weighted by Gasteiger charge is 2.22. The van der Waals surface area contributed by atoms with E-state index in [0.717, 1.165) is 24.1 Å². The molecule has 1 amide bonds. The Hall–Kier alpha value is -2.13. The standard InChI is InChI=1S/C22H23NOS/c1-15-10-12-16(13-11-15)14-19-18-8-4-5-9-20(18)25-21(19)22(24)23-17-6-2-3-7-17/h4-5,8-13,17H,2-3,6-7,14H2,1H3,(H,23,24). The maximum Gasteiger partial charge on any atom is 0.261 e. The fraction of sp³-hybridized carbons (Fsp3) is 0.318. The van der Waals surface area contributed by atoms with Crippen molar-refractivity contribution in [1.29, 1.82) is 0 Å². The molecule has 1 aliphatic carbocycles. The molecule has 1 heterocycles. The average molecular weight is 349 g/mol. The van der Waals surface area contributed by atoms with Gasteiger partial charge < -0.3 is 5.32 Å². The van der Waals surface area contributed by atoms with E-state index in [1.165, 1.54) is 39.6 Å². The second kappa shape index (κ2) is 7.01. The van der Waals surface area contributed by atoms with Gasteiger partial charge in [0.15, 0.2) is 0 Å². The molecule has 1 fully saturated rings. The maximum atomic E-state index is 12.9. The summed E-state index contributed by atoms with van der Waals surface area (Å²) in [6.45, 7) is 2.10. The van der Waals surface area contributed by atoms with Crippen molar-refractivity contribution in [2.75, 3.05) is 0 Å². The molecule has 0 radical (unpaired) electrons. The van der Waals surface area contributed by atoms with Crippen LogP contribution in [-0.4, -0.2) is 11.9 Å². The van der Waals surface area contributed by atoms with Crippen LogP contribution in [0.1, 0.15) is 52.0 Å². The Balaban J connectivity index is 1.69. The highest BCUT2D eigenvalue weighted by atomic mass is 32.1. The summed E-state index contributed by atoms with van der Waals surface area (Å²) in [7, 11) is 0. The Labute approximate surface area is 152 Å². The summed E-state index contributed by atoms with van der Waals surface area (Å²) in [4.78, 5) is 13.8. The average Bonchev–Trinajstić information content (AvgIpc) is 3.25. The molecule has 4 rings (SSSR count). The number of thiophene rings is 1. The first-order chi connectivity index (χ1) is 12.2. The van der Waals surface area contributed by atoms with E-state index in [9.17, 15) is 4.79 Å². The van der Waals surface area contributed by atoms with Gasteiger partial charge in [0.05, 0.1) is 4.88 Å². The van der Waals surface area contributed by atoms with Crippen molar-refractivity contribution in [2.45, 2.75) is 45.1 Å². The van der Waals surface area contributed by atoms with Crippen molar-refractivity contribution in [3.63, 3.8) is 0 Å². The van der Waals surface area contributed by atoms with Crippen molar-refractivity contribution in [1.82, 2.24) is 5.32 Å². The molecule has 3 aromatic rings. The molecule has 0 unspecified atom stereocenters. The molecular formula is C22H23NOS. The number of aryl methyl sites for hydroxylation is 1. The van der Waals surface area contributed by atoms with Gasteiger partial charge in [0.25, 0.3) is 5.91 Å². The van der Waals surface area contributed by atoms with Crippen LogP contribution >= 0.6 is 11.3 Å². The zero-order chi connectivity index (χ0) is 17.2. The monoisotopic (exact) mass is 349 g/mol. The van der Waals surface area contributed by atoms with E-state index in [1.54, 1.807) is 11.3 Å². The van der Waals surface area contributed by atoms with Gasteiger partial charge in [-0.2, -0.15) is 0 Å². The molecule has 128 valence electrons. The molecule has 0 bridgehead atoms. The lowest BCUT2D eigenvalue weighted by Crippen LogP contribution is -2.32. The topological polar surface area (TPSA) is 29.1 Å². The van der Waals surface area contributed by atoms with Crippen LogP contribution in [0.5, 0.6) is 0 Å². The number of amides is 1. The minimum absolute atomic E-state index is 0.107. The second-order valence-electron chi connectivity index (χ2n) is 7.02. The normalized spacial score (nSPS) is 14.9. The number of benzene rings is 2. The van der Waals surface area contributed by atoms with Crippen molar-refractivity contribution >= 4 is 27.3 Å². The van der Waals surface area contributed by atoms with E-state index >= 15 is 0 Å². The van der Waals surface area contributed by atoms with Gasteiger partial charge in [-0.15, -0.1) is 11.3 Å². The van der Waals surface area contributed by atoms with Crippen molar-refractivity contribution in [2.24, 2.45) is 0 Å². The number of fused-ring (bicyclic) bond motifs is 1. The number of nitrogens with one attached hydrogen (secondary N) is 1. The van der Waals surface area contributed by atoms with Gasteiger partial charge in [-0.1, -0.05) is 60.9 Å². The second-order valence-corrected chi connectivity index (χ2v) is 8.08. The van der Waals surface area contributed by atoms with Gasteiger partial charge in [0.2, 0.25) is 0 Å². The summed E-state index contributed by atoms with van der Waals surface area (Å²) >= 11 is 1.63. The Morgan fingerprint density at radius 2 is 1.80 bits per heavy atom. The van der Waals surface area contributed by atoms with Gasteiger partial charge in [0.1, 0.15) is 0 Å². The smallest absolute Gasteiger partial charge is 0.261 e. The van der Waals surface area contributed by atoms with Crippen LogP contribution in [0.25, 0.3) is 10.1 Å². The lowest BCUT2D eigenvalue weighted by molar-refractivity contribution is 0.0941. The number of hydrogen-bond donors (Lipinski definition) is 1. The Morgan fingerprint density at radius 3 is 2.56 bits per heavy atom. The number of carbonyl (C=O) groups is 1. The summed E-state index contributed by atoms with van der Waals surface area (Å²) in [6.07, 6.45) is 5.49. The van der Waals surface area contributed by atoms with E-state index in [2.05, 4.69) is 54.7 Å². The number of hydrogen-bond acceptors (Lipinski definition) is 2. The molecule has 1 saturated carbocycles. The van der Waals surface area contributed by atoms with Crippen LogP contribution in [0.15, 0.2) is 48.5 Å². The highest BCUT2D eigenvalue weighted by molar-refractivity contribution is 7.21. The first kappa shape index (κ1) is 16.3. The molecule has 1 aromatic heterocycles. The van der Waals surface area contributed by atoms with Crippen molar-refractivity contribution in [3.05, 3.63) is 70.1 Å². The molecule has 1 N–H and O–H groups in total. The minimum Gasteiger partial charge on any atom is -0.349 e. The van der Waals surface area contributed by atoms with E-state index in [1.807, 2.05) is 6.07 Å². The van der Waals surface area contributed by atoms with Gasteiger partial charge in [-0.25, -0.2) is 0 Å². The van der Waals surface area contributed by atoms with Gasteiger partial charge in [0, 0.05) is 10.7 Å². The zero-order valence-corrected chi connectivity index (χ0v) is 15.4. The molecule has 2 aromatic carbocycles. The number of rotatable bonds is 4. The Kier molecular flexibility index (Phi) is 4.58. The molecule has 25 heavy (non-hydrogen) atoms. The van der Waals surface area contributed by atoms with Gasteiger partial charge in [-0.05, 0) is 48.8 Å². The summed E-state index contributed by atoms with van der Waals surface area (Å²) in [6, 6.07) is 17.3. The molecular weight excluding hydrogens is 326 g/mol. The van der Waals surface area contributed by atoms with E-state index < -0.39 is 0 Å². The highest BCUT2D eigenvalue weighted by Crippen LogP contribution is 2.33. The van der Waals surface area contributed by atoms with Crippen LogP contribution in [0.4, 0.5) is 0 Å². The largest absolute Gasteiger partial charge is 0.349 e.